The maximum atomic E-state index is 12.8. The second-order valence-electron chi connectivity index (χ2n) is 4.15. The number of carbonyl (C=O) groups excluding carboxylic acids is 1. The highest BCUT2D eigenvalue weighted by Crippen LogP contribution is 2.16. The van der Waals surface area contributed by atoms with Crippen LogP contribution in [-0.4, -0.2) is 15.5 Å². The lowest BCUT2D eigenvalue weighted by molar-refractivity contribution is 0.0943. The summed E-state index contributed by atoms with van der Waals surface area (Å²) in [5.74, 6) is -0.481. The second kappa shape index (κ2) is 5.88. The number of aryl methyl sites for hydroxylation is 1. The molecule has 0 unspecified atom stereocenters. The van der Waals surface area contributed by atoms with Gasteiger partial charge in [0.05, 0.1) is 11.7 Å². The molecule has 0 spiro atoms. The number of hydrogen-bond donors (Lipinski definition) is 1. The summed E-state index contributed by atoms with van der Waals surface area (Å²) < 4.78 is 16.6. The minimum absolute atomic E-state index is 0.191. The predicted molar refractivity (Wildman–Crippen MR) is 71.6 cm³/mol. The summed E-state index contributed by atoms with van der Waals surface area (Å²) in [4.78, 5) is 12.6. The Morgan fingerprint density at radius 3 is 2.74 bits per heavy atom. The highest BCUT2D eigenvalue weighted by molar-refractivity contribution is 7.08. The fourth-order valence-corrected chi connectivity index (χ4v) is 2.36. The molecule has 100 valence electrons. The van der Waals surface area contributed by atoms with Gasteiger partial charge in [-0.3, -0.25) is 4.79 Å². The van der Waals surface area contributed by atoms with Crippen molar-refractivity contribution in [2.24, 2.45) is 0 Å². The average Bonchev–Trinajstić information content (AvgIpc) is 2.87. The highest BCUT2D eigenvalue weighted by Gasteiger charge is 2.17. The Bertz CT molecular complexity index is 568. The van der Waals surface area contributed by atoms with Crippen LogP contribution in [0.25, 0.3) is 0 Å². The third kappa shape index (κ3) is 3.14. The molecule has 1 atom stereocenters. The van der Waals surface area contributed by atoms with E-state index in [1.54, 1.807) is 12.1 Å². The molecule has 0 aliphatic carbocycles. The Morgan fingerprint density at radius 2 is 2.11 bits per heavy atom. The van der Waals surface area contributed by atoms with Crippen LogP contribution in [0, 0.1) is 5.82 Å². The van der Waals surface area contributed by atoms with E-state index in [0.717, 1.165) is 17.1 Å². The lowest BCUT2D eigenvalue weighted by Crippen LogP contribution is -2.26. The van der Waals surface area contributed by atoms with Crippen LogP contribution < -0.4 is 5.32 Å². The molecule has 0 aliphatic rings. The first-order valence-corrected chi connectivity index (χ1v) is 6.76. The first-order chi connectivity index (χ1) is 9.11. The van der Waals surface area contributed by atoms with Gasteiger partial charge in [-0.2, -0.15) is 0 Å². The summed E-state index contributed by atoms with van der Waals surface area (Å²) in [5.41, 5.74) is 1.55. The molecule has 6 heteroatoms. The number of amides is 1. The molecule has 1 amide bonds. The van der Waals surface area contributed by atoms with E-state index in [1.807, 2.05) is 13.8 Å². The minimum Gasteiger partial charge on any atom is -0.345 e. The fraction of sp³-hybridized carbons (Fsp3) is 0.308. The van der Waals surface area contributed by atoms with E-state index in [2.05, 4.69) is 14.9 Å². The molecule has 0 bridgehead atoms. The maximum absolute atomic E-state index is 12.8. The van der Waals surface area contributed by atoms with E-state index < -0.39 is 0 Å². The number of hydrogen-bond acceptors (Lipinski definition) is 4. The Balaban J connectivity index is 2.08. The van der Waals surface area contributed by atoms with E-state index in [9.17, 15) is 9.18 Å². The van der Waals surface area contributed by atoms with Crippen molar-refractivity contribution in [3.05, 3.63) is 46.2 Å². The lowest BCUT2D eigenvalue weighted by atomic mass is 10.1. The minimum atomic E-state index is -0.290. The van der Waals surface area contributed by atoms with Crippen molar-refractivity contribution in [3.8, 4) is 0 Å². The number of rotatable bonds is 4. The largest absolute Gasteiger partial charge is 0.345 e. The number of halogens is 1. The molecule has 2 rings (SSSR count). The molecule has 2 aromatic rings. The highest BCUT2D eigenvalue weighted by atomic mass is 32.1. The zero-order valence-electron chi connectivity index (χ0n) is 10.7. The molecule has 1 heterocycles. The van der Waals surface area contributed by atoms with E-state index in [4.69, 9.17) is 0 Å². The molecule has 0 radical (unpaired) electrons. The molecule has 1 N–H and O–H groups in total. The van der Waals surface area contributed by atoms with Crippen LogP contribution in [0.2, 0.25) is 0 Å². The van der Waals surface area contributed by atoms with Gasteiger partial charge >= 0.3 is 0 Å². The van der Waals surface area contributed by atoms with Crippen molar-refractivity contribution in [2.75, 3.05) is 0 Å². The number of nitrogens with zero attached hydrogens (tertiary/aromatic N) is 2. The summed E-state index contributed by atoms with van der Waals surface area (Å²) in [7, 11) is 0. The van der Waals surface area contributed by atoms with Gasteiger partial charge in [0.2, 0.25) is 0 Å². The third-order valence-corrected chi connectivity index (χ3v) is 3.58. The SMILES string of the molecule is CCc1nnsc1C(=O)N[C@H](C)c1ccc(F)cc1. The molecule has 0 saturated heterocycles. The van der Waals surface area contributed by atoms with E-state index in [-0.39, 0.29) is 17.8 Å². The maximum Gasteiger partial charge on any atom is 0.265 e. The first-order valence-electron chi connectivity index (χ1n) is 5.99. The average molecular weight is 279 g/mol. The normalized spacial score (nSPS) is 12.2. The Morgan fingerprint density at radius 1 is 1.42 bits per heavy atom. The van der Waals surface area contributed by atoms with Crippen molar-refractivity contribution in [2.45, 2.75) is 26.3 Å². The summed E-state index contributed by atoms with van der Waals surface area (Å²) in [6.45, 7) is 3.78. The van der Waals surface area contributed by atoms with Crippen molar-refractivity contribution in [1.82, 2.24) is 14.9 Å². The smallest absolute Gasteiger partial charge is 0.265 e. The van der Waals surface area contributed by atoms with Gasteiger partial charge in [-0.15, -0.1) is 5.10 Å². The zero-order valence-corrected chi connectivity index (χ0v) is 11.5. The van der Waals surface area contributed by atoms with Gasteiger partial charge in [0.15, 0.2) is 0 Å². The quantitative estimate of drug-likeness (QED) is 0.936. The summed E-state index contributed by atoms with van der Waals surface area (Å²) in [5, 5.41) is 6.77. The topological polar surface area (TPSA) is 54.9 Å². The number of nitrogens with one attached hydrogen (secondary N) is 1. The van der Waals surface area contributed by atoms with Crippen LogP contribution in [0.5, 0.6) is 0 Å². The third-order valence-electron chi connectivity index (χ3n) is 2.81. The van der Waals surface area contributed by atoms with Crippen molar-refractivity contribution in [1.29, 1.82) is 0 Å². The number of aromatic nitrogens is 2. The van der Waals surface area contributed by atoms with Crippen LogP contribution in [0.15, 0.2) is 24.3 Å². The van der Waals surface area contributed by atoms with E-state index in [1.165, 1.54) is 12.1 Å². The van der Waals surface area contributed by atoms with Crippen LogP contribution in [0.1, 0.15) is 40.8 Å². The van der Waals surface area contributed by atoms with Gasteiger partial charge in [-0.1, -0.05) is 23.5 Å². The van der Waals surface area contributed by atoms with Crippen molar-refractivity contribution < 1.29 is 9.18 Å². The molecule has 19 heavy (non-hydrogen) atoms. The molecular formula is C13H14FN3OS. The summed E-state index contributed by atoms with van der Waals surface area (Å²) >= 11 is 1.09. The monoisotopic (exact) mass is 279 g/mol. The molecule has 4 nitrogen and oxygen atoms in total. The van der Waals surface area contributed by atoms with E-state index >= 15 is 0 Å². The van der Waals surface area contributed by atoms with Gasteiger partial charge in [-0.05, 0) is 42.6 Å². The Kier molecular flexibility index (Phi) is 4.21. The number of carbonyl (C=O) groups is 1. The molecule has 0 saturated carbocycles. The Labute approximate surface area is 114 Å². The van der Waals surface area contributed by atoms with Gasteiger partial charge in [0.25, 0.3) is 5.91 Å². The standard InChI is InChI=1S/C13H14FN3OS/c1-3-11-12(19-17-16-11)13(18)15-8(2)9-4-6-10(14)7-5-9/h4-8H,3H2,1-2H3,(H,15,18)/t8-/m1/s1. The van der Waals surface area contributed by atoms with Gasteiger partial charge in [0, 0.05) is 0 Å². The molecular weight excluding hydrogens is 265 g/mol. The predicted octanol–water partition coefficient (Wildman–Crippen LogP) is 2.73. The van der Waals surface area contributed by atoms with Crippen molar-refractivity contribution >= 4 is 17.4 Å². The molecule has 0 aliphatic heterocycles. The number of benzene rings is 1. The molecule has 1 aromatic heterocycles. The summed E-state index contributed by atoms with van der Waals surface area (Å²) in [6, 6.07) is 5.88. The van der Waals surface area contributed by atoms with Crippen molar-refractivity contribution in [3.63, 3.8) is 0 Å². The molecule has 0 fully saturated rings. The summed E-state index contributed by atoms with van der Waals surface area (Å²) in [6.07, 6.45) is 0.671. The van der Waals surface area contributed by atoms with Crippen LogP contribution in [0.3, 0.4) is 0 Å². The van der Waals surface area contributed by atoms with Crippen LogP contribution in [0.4, 0.5) is 4.39 Å². The lowest BCUT2D eigenvalue weighted by Gasteiger charge is -2.13. The van der Waals surface area contributed by atoms with Gasteiger partial charge in [-0.25, -0.2) is 4.39 Å². The van der Waals surface area contributed by atoms with E-state index in [0.29, 0.717) is 17.0 Å². The van der Waals surface area contributed by atoms with Crippen LogP contribution >= 0.6 is 11.5 Å². The molecule has 1 aromatic carbocycles. The van der Waals surface area contributed by atoms with Gasteiger partial charge in [0.1, 0.15) is 10.7 Å². The first kappa shape index (κ1) is 13.6. The Hall–Kier alpha value is -1.82. The van der Waals surface area contributed by atoms with Gasteiger partial charge < -0.3 is 5.32 Å². The second-order valence-corrected chi connectivity index (χ2v) is 4.90. The van der Waals surface area contributed by atoms with Crippen LogP contribution in [-0.2, 0) is 6.42 Å². The fourth-order valence-electron chi connectivity index (χ4n) is 1.71. The zero-order chi connectivity index (χ0) is 13.8.